The summed E-state index contributed by atoms with van der Waals surface area (Å²) in [6.07, 6.45) is 0. The highest BCUT2D eigenvalue weighted by molar-refractivity contribution is 8.00. The molecule has 3 aromatic rings. The molecule has 34 heavy (non-hydrogen) atoms. The highest BCUT2D eigenvalue weighted by Crippen LogP contribution is 2.19. The maximum absolute atomic E-state index is 12.8. The van der Waals surface area contributed by atoms with E-state index in [0.717, 1.165) is 16.8 Å². The van der Waals surface area contributed by atoms with Crippen molar-refractivity contribution in [2.24, 2.45) is 0 Å². The van der Waals surface area contributed by atoms with E-state index in [4.69, 9.17) is 0 Å². The lowest BCUT2D eigenvalue weighted by molar-refractivity contribution is -0.114. The zero-order valence-electron chi connectivity index (χ0n) is 19.0. The van der Waals surface area contributed by atoms with Gasteiger partial charge in [0.25, 0.3) is 0 Å². The minimum absolute atomic E-state index is 0.0983. The molecular formula is C25H27N3O4S2. The van der Waals surface area contributed by atoms with E-state index in [0.29, 0.717) is 5.69 Å². The van der Waals surface area contributed by atoms with Crippen LogP contribution in [0, 0.1) is 6.92 Å². The molecule has 0 aliphatic rings. The molecular weight excluding hydrogens is 470 g/mol. The Balaban J connectivity index is 1.47. The van der Waals surface area contributed by atoms with Crippen molar-refractivity contribution < 1.29 is 18.0 Å². The minimum Gasteiger partial charge on any atom is -0.325 e. The molecule has 2 amide bonds. The molecule has 0 aliphatic heterocycles. The van der Waals surface area contributed by atoms with Crippen LogP contribution in [0.25, 0.3) is 0 Å². The van der Waals surface area contributed by atoms with Gasteiger partial charge in [0.05, 0.1) is 16.4 Å². The Bertz CT molecular complexity index is 1230. The molecule has 0 saturated heterocycles. The van der Waals surface area contributed by atoms with Gasteiger partial charge < -0.3 is 10.6 Å². The van der Waals surface area contributed by atoms with E-state index in [2.05, 4.69) is 10.6 Å². The van der Waals surface area contributed by atoms with E-state index in [1.54, 1.807) is 12.1 Å². The smallest absolute Gasteiger partial charge is 0.243 e. The van der Waals surface area contributed by atoms with Gasteiger partial charge in [0, 0.05) is 25.0 Å². The van der Waals surface area contributed by atoms with Gasteiger partial charge in [-0.25, -0.2) is 8.42 Å². The second-order valence-corrected chi connectivity index (χ2v) is 10.8. The first-order valence-corrected chi connectivity index (χ1v) is 13.2. The fraction of sp³-hybridized carbons (Fsp3) is 0.200. The first kappa shape index (κ1) is 25.5. The van der Waals surface area contributed by atoms with Crippen LogP contribution >= 0.6 is 11.8 Å². The van der Waals surface area contributed by atoms with E-state index in [-0.39, 0.29) is 34.8 Å². The molecule has 0 radical (unpaired) electrons. The number of aryl methyl sites for hydroxylation is 1. The lowest BCUT2D eigenvalue weighted by Gasteiger charge is -2.17. The van der Waals surface area contributed by atoms with Crippen LogP contribution in [0.3, 0.4) is 0 Å². The summed E-state index contributed by atoms with van der Waals surface area (Å²) in [5.41, 5.74) is 3.15. The van der Waals surface area contributed by atoms with Gasteiger partial charge in [-0.05, 0) is 54.4 Å². The minimum atomic E-state index is -3.66. The maximum Gasteiger partial charge on any atom is 0.243 e. The van der Waals surface area contributed by atoms with Crippen molar-refractivity contribution in [1.29, 1.82) is 0 Å². The maximum atomic E-state index is 12.8. The molecule has 0 fully saturated rings. The van der Waals surface area contributed by atoms with Crippen molar-refractivity contribution in [2.45, 2.75) is 18.4 Å². The molecule has 0 bridgehead atoms. The summed E-state index contributed by atoms with van der Waals surface area (Å²) in [4.78, 5) is 24.4. The monoisotopic (exact) mass is 497 g/mol. The van der Waals surface area contributed by atoms with Crippen molar-refractivity contribution in [3.63, 3.8) is 0 Å². The van der Waals surface area contributed by atoms with Gasteiger partial charge in [-0.15, -0.1) is 11.8 Å². The van der Waals surface area contributed by atoms with Gasteiger partial charge in [0.2, 0.25) is 21.8 Å². The van der Waals surface area contributed by atoms with Crippen molar-refractivity contribution in [2.75, 3.05) is 29.2 Å². The summed E-state index contributed by atoms with van der Waals surface area (Å²) in [6, 6.07) is 22.9. The summed E-state index contributed by atoms with van der Waals surface area (Å²) in [5.74, 6) is -0.212. The summed E-state index contributed by atoms with van der Waals surface area (Å²) >= 11 is 1.20. The summed E-state index contributed by atoms with van der Waals surface area (Å²) in [6.45, 7) is 2.20. The molecule has 0 atom stereocenters. The number of amides is 2. The molecule has 9 heteroatoms. The number of hydrogen-bond donors (Lipinski definition) is 2. The molecule has 178 valence electrons. The molecule has 7 nitrogen and oxygen atoms in total. The molecule has 0 aliphatic carbocycles. The Morgan fingerprint density at radius 2 is 1.44 bits per heavy atom. The van der Waals surface area contributed by atoms with E-state index in [9.17, 15) is 18.0 Å². The average molecular weight is 498 g/mol. The number of carbonyl (C=O) groups excluding carboxylic acids is 2. The second-order valence-electron chi connectivity index (χ2n) is 7.73. The molecule has 2 N–H and O–H groups in total. The zero-order chi connectivity index (χ0) is 24.6. The third kappa shape index (κ3) is 7.44. The number of nitrogens with one attached hydrogen (secondary N) is 2. The Morgan fingerprint density at radius 3 is 2.06 bits per heavy atom. The Morgan fingerprint density at radius 1 is 0.824 bits per heavy atom. The normalized spacial score (nSPS) is 11.3. The fourth-order valence-electron chi connectivity index (χ4n) is 3.17. The number of nitrogens with zero attached hydrogens (tertiary/aromatic N) is 1. The largest absolute Gasteiger partial charge is 0.325 e. The van der Waals surface area contributed by atoms with E-state index in [1.807, 2.05) is 61.5 Å². The quantitative estimate of drug-likeness (QED) is 0.439. The average Bonchev–Trinajstić information content (AvgIpc) is 2.80. The topological polar surface area (TPSA) is 95.6 Å². The molecule has 0 spiro atoms. The van der Waals surface area contributed by atoms with Crippen LogP contribution in [0.4, 0.5) is 11.4 Å². The highest BCUT2D eigenvalue weighted by atomic mass is 32.2. The second kappa shape index (κ2) is 11.8. The van der Waals surface area contributed by atoms with Crippen molar-refractivity contribution in [3.8, 4) is 0 Å². The Labute approximate surface area is 204 Å². The number of thioether (sulfide) groups is 1. The van der Waals surface area contributed by atoms with Crippen LogP contribution < -0.4 is 10.6 Å². The van der Waals surface area contributed by atoms with Gasteiger partial charge in [-0.1, -0.05) is 42.5 Å². The van der Waals surface area contributed by atoms with Gasteiger partial charge in [-0.3, -0.25) is 9.59 Å². The van der Waals surface area contributed by atoms with Crippen molar-refractivity contribution >= 4 is 45.0 Å². The van der Waals surface area contributed by atoms with Gasteiger partial charge >= 0.3 is 0 Å². The first-order valence-electron chi connectivity index (χ1n) is 10.6. The Hall–Kier alpha value is -3.14. The third-order valence-corrected chi connectivity index (χ3v) is 7.61. The van der Waals surface area contributed by atoms with Gasteiger partial charge in [0.15, 0.2) is 0 Å². The SMILES string of the molecule is Cc1cccc(NC(=O)CSCC(=O)Nc2ccc(S(=O)(=O)N(C)Cc3ccccc3)cc2)c1. The molecule has 0 heterocycles. The van der Waals surface area contributed by atoms with Crippen LogP contribution in [0.5, 0.6) is 0 Å². The third-order valence-electron chi connectivity index (χ3n) is 4.86. The number of anilines is 2. The van der Waals surface area contributed by atoms with Gasteiger partial charge in [0.1, 0.15) is 0 Å². The van der Waals surface area contributed by atoms with Crippen LogP contribution in [-0.2, 0) is 26.2 Å². The zero-order valence-corrected chi connectivity index (χ0v) is 20.7. The number of sulfonamides is 1. The molecule has 0 saturated carbocycles. The standard InChI is InChI=1S/C25H27N3O4S2/c1-19-7-6-10-22(15-19)27-25(30)18-33-17-24(29)26-21-11-13-23(14-12-21)34(31,32)28(2)16-20-8-4-3-5-9-20/h3-15H,16-18H2,1-2H3,(H,26,29)(H,27,30). The fourth-order valence-corrected chi connectivity index (χ4v) is 4.95. The molecule has 0 aromatic heterocycles. The predicted molar refractivity (Wildman–Crippen MR) is 137 cm³/mol. The van der Waals surface area contributed by atoms with Gasteiger partial charge in [-0.2, -0.15) is 4.31 Å². The number of benzene rings is 3. The van der Waals surface area contributed by atoms with Crippen molar-refractivity contribution in [1.82, 2.24) is 4.31 Å². The number of carbonyl (C=O) groups is 2. The van der Waals surface area contributed by atoms with Crippen LogP contribution in [-0.4, -0.2) is 43.1 Å². The van der Waals surface area contributed by atoms with Crippen LogP contribution in [0.15, 0.2) is 83.8 Å². The Kier molecular flexibility index (Phi) is 8.86. The predicted octanol–water partition coefficient (Wildman–Crippen LogP) is 4.13. The van der Waals surface area contributed by atoms with Crippen LogP contribution in [0.2, 0.25) is 0 Å². The first-order chi connectivity index (χ1) is 16.2. The van der Waals surface area contributed by atoms with Crippen molar-refractivity contribution in [3.05, 3.63) is 90.0 Å². The lowest BCUT2D eigenvalue weighted by atomic mass is 10.2. The highest BCUT2D eigenvalue weighted by Gasteiger charge is 2.21. The van der Waals surface area contributed by atoms with E-state index in [1.165, 1.54) is 35.2 Å². The molecule has 3 rings (SSSR count). The number of hydrogen-bond acceptors (Lipinski definition) is 5. The summed E-state index contributed by atoms with van der Waals surface area (Å²) in [5, 5.41) is 5.52. The lowest BCUT2D eigenvalue weighted by Crippen LogP contribution is -2.26. The van der Waals surface area contributed by atoms with E-state index >= 15 is 0 Å². The number of rotatable bonds is 10. The summed E-state index contributed by atoms with van der Waals surface area (Å²) < 4.78 is 26.9. The van der Waals surface area contributed by atoms with Crippen LogP contribution in [0.1, 0.15) is 11.1 Å². The molecule has 3 aromatic carbocycles. The molecule has 0 unspecified atom stereocenters. The summed E-state index contributed by atoms with van der Waals surface area (Å²) in [7, 11) is -2.13. The van der Waals surface area contributed by atoms with E-state index < -0.39 is 10.0 Å².